The molecule has 0 atom stereocenters. The average molecular weight is 459 g/mol. The Hall–Kier alpha value is -4.69. The molecule has 0 bridgehead atoms. The highest BCUT2D eigenvalue weighted by Crippen LogP contribution is 2.41. The van der Waals surface area contributed by atoms with Crippen molar-refractivity contribution in [3.8, 4) is 16.8 Å². The minimum Gasteiger partial charge on any atom is -0.309 e. The van der Waals surface area contributed by atoms with E-state index >= 15 is 0 Å². The number of rotatable bonds is 2. The van der Waals surface area contributed by atoms with Crippen molar-refractivity contribution in [2.24, 2.45) is 4.99 Å². The molecular formula is C34H22N2. The Bertz CT molecular complexity index is 1900. The van der Waals surface area contributed by atoms with Crippen molar-refractivity contribution in [1.82, 2.24) is 4.57 Å². The molecule has 0 fully saturated rings. The quantitative estimate of drug-likeness (QED) is 0.247. The van der Waals surface area contributed by atoms with E-state index in [0.717, 1.165) is 12.1 Å². The van der Waals surface area contributed by atoms with Crippen LogP contribution in [0.5, 0.6) is 0 Å². The molecule has 168 valence electrons. The standard InChI is InChI=1S/C34H22N2/c1-2-8-26(9-3-1)36-33-13-7-5-11-28(33)30-19-23(16-17-34(30)36)22-14-15-24-21-32-29(20-25(24)18-22)27-10-4-6-12-31(27)35-32/h1-20H,21H2. The van der Waals surface area contributed by atoms with Crippen molar-refractivity contribution in [3.63, 3.8) is 0 Å². The minimum atomic E-state index is 0.889. The van der Waals surface area contributed by atoms with Crippen molar-refractivity contribution in [1.29, 1.82) is 0 Å². The molecule has 0 saturated heterocycles. The summed E-state index contributed by atoms with van der Waals surface area (Å²) in [4.78, 5) is 4.89. The Morgan fingerprint density at radius 2 is 1.36 bits per heavy atom. The van der Waals surface area contributed by atoms with Crippen LogP contribution in [0.3, 0.4) is 0 Å². The lowest BCUT2D eigenvalue weighted by Crippen LogP contribution is -2.08. The molecule has 1 aliphatic heterocycles. The fourth-order valence-electron chi connectivity index (χ4n) is 5.87. The zero-order valence-corrected chi connectivity index (χ0v) is 19.6. The normalized spacial score (nSPS) is 13.8. The van der Waals surface area contributed by atoms with E-state index in [0.29, 0.717) is 0 Å². The zero-order chi connectivity index (χ0) is 23.6. The van der Waals surface area contributed by atoms with Crippen molar-refractivity contribution in [2.75, 3.05) is 0 Å². The summed E-state index contributed by atoms with van der Waals surface area (Å²) in [5, 5.41) is 2.56. The van der Waals surface area contributed by atoms with Gasteiger partial charge in [0.2, 0.25) is 0 Å². The number of fused-ring (bicyclic) bond motifs is 7. The molecule has 1 aliphatic carbocycles. The third kappa shape index (κ3) is 2.82. The summed E-state index contributed by atoms with van der Waals surface area (Å²) in [6.45, 7) is 0. The van der Waals surface area contributed by atoms with Gasteiger partial charge >= 0.3 is 0 Å². The SMILES string of the molecule is C1=C2C(=Nc3ccccc32)Cc2ccc(-c3ccc4c(c3)c3ccccc3n4-c3ccccc3)cc21. The summed E-state index contributed by atoms with van der Waals surface area (Å²) < 4.78 is 2.37. The molecule has 2 heterocycles. The maximum absolute atomic E-state index is 4.89. The van der Waals surface area contributed by atoms with E-state index in [2.05, 4.69) is 126 Å². The van der Waals surface area contributed by atoms with Gasteiger partial charge in [-0.25, -0.2) is 0 Å². The van der Waals surface area contributed by atoms with Crippen LogP contribution < -0.4 is 0 Å². The molecule has 2 aliphatic rings. The molecule has 2 nitrogen and oxygen atoms in total. The number of aliphatic imine (C=N–C) groups is 1. The van der Waals surface area contributed by atoms with Crippen LogP contribution in [0.25, 0.3) is 50.3 Å². The Morgan fingerprint density at radius 1 is 0.611 bits per heavy atom. The van der Waals surface area contributed by atoms with Gasteiger partial charge in [0.25, 0.3) is 0 Å². The van der Waals surface area contributed by atoms with Gasteiger partial charge in [0, 0.05) is 34.0 Å². The third-order valence-electron chi connectivity index (χ3n) is 7.58. The predicted molar refractivity (Wildman–Crippen MR) is 151 cm³/mol. The van der Waals surface area contributed by atoms with Crippen LogP contribution in [0.15, 0.2) is 120 Å². The number of aromatic nitrogens is 1. The first-order valence-electron chi connectivity index (χ1n) is 12.4. The largest absolute Gasteiger partial charge is 0.309 e. The first-order chi connectivity index (χ1) is 17.8. The van der Waals surface area contributed by atoms with Gasteiger partial charge in [-0.05, 0) is 70.8 Å². The molecule has 0 radical (unpaired) electrons. The van der Waals surface area contributed by atoms with Gasteiger partial charge in [0.1, 0.15) is 0 Å². The second-order valence-corrected chi connectivity index (χ2v) is 9.64. The highest BCUT2D eigenvalue weighted by molar-refractivity contribution is 6.34. The summed E-state index contributed by atoms with van der Waals surface area (Å²) in [7, 11) is 0. The monoisotopic (exact) mass is 458 g/mol. The Kier molecular flexibility index (Phi) is 4.03. The smallest absolute Gasteiger partial charge is 0.0712 e. The lowest BCUT2D eigenvalue weighted by molar-refractivity contribution is 1.18. The second-order valence-electron chi connectivity index (χ2n) is 9.64. The van der Waals surface area contributed by atoms with Gasteiger partial charge in [-0.2, -0.15) is 0 Å². The lowest BCUT2D eigenvalue weighted by Gasteiger charge is -2.17. The van der Waals surface area contributed by atoms with Gasteiger partial charge in [-0.15, -0.1) is 0 Å². The van der Waals surface area contributed by atoms with Crippen molar-refractivity contribution in [2.45, 2.75) is 6.42 Å². The number of allylic oxidation sites excluding steroid dienone is 1. The van der Waals surface area contributed by atoms with Crippen LogP contribution in [-0.4, -0.2) is 10.3 Å². The van der Waals surface area contributed by atoms with Gasteiger partial charge in [-0.1, -0.05) is 72.8 Å². The number of hydrogen-bond acceptors (Lipinski definition) is 1. The number of nitrogens with zero attached hydrogens (tertiary/aromatic N) is 2. The maximum atomic E-state index is 4.89. The van der Waals surface area contributed by atoms with Crippen molar-refractivity contribution in [3.05, 3.63) is 132 Å². The van der Waals surface area contributed by atoms with E-state index in [9.17, 15) is 0 Å². The molecule has 0 saturated carbocycles. The van der Waals surface area contributed by atoms with Gasteiger partial charge in [0.15, 0.2) is 0 Å². The van der Waals surface area contributed by atoms with E-state index < -0.39 is 0 Å². The molecular weight excluding hydrogens is 436 g/mol. The number of para-hydroxylation sites is 3. The van der Waals surface area contributed by atoms with E-state index in [4.69, 9.17) is 4.99 Å². The van der Waals surface area contributed by atoms with Crippen LogP contribution in [0, 0.1) is 0 Å². The first-order valence-corrected chi connectivity index (χ1v) is 12.4. The summed E-state index contributed by atoms with van der Waals surface area (Å²) in [5.41, 5.74) is 13.6. The number of benzene rings is 5. The van der Waals surface area contributed by atoms with Gasteiger partial charge < -0.3 is 4.57 Å². The second kappa shape index (κ2) is 7.40. The number of hydrogen-bond donors (Lipinski definition) is 0. The molecule has 0 N–H and O–H groups in total. The van der Waals surface area contributed by atoms with Crippen LogP contribution in [0.4, 0.5) is 5.69 Å². The van der Waals surface area contributed by atoms with Crippen LogP contribution in [0.1, 0.15) is 16.7 Å². The summed E-state index contributed by atoms with van der Waals surface area (Å²) in [6.07, 6.45) is 3.21. The van der Waals surface area contributed by atoms with Crippen molar-refractivity contribution >= 4 is 44.9 Å². The summed E-state index contributed by atoms with van der Waals surface area (Å²) in [6, 6.07) is 41.6. The fraction of sp³-hybridized carbons (Fsp3) is 0.0294. The Morgan fingerprint density at radius 3 is 2.31 bits per heavy atom. The molecule has 36 heavy (non-hydrogen) atoms. The third-order valence-corrected chi connectivity index (χ3v) is 7.58. The van der Waals surface area contributed by atoms with E-state index in [-0.39, 0.29) is 0 Å². The van der Waals surface area contributed by atoms with Crippen LogP contribution in [0.2, 0.25) is 0 Å². The lowest BCUT2D eigenvalue weighted by atomic mass is 9.86. The van der Waals surface area contributed by atoms with E-state index in [1.807, 2.05) is 0 Å². The maximum Gasteiger partial charge on any atom is 0.0712 e. The molecule has 0 amide bonds. The van der Waals surface area contributed by atoms with Gasteiger partial charge in [0.05, 0.1) is 22.4 Å². The van der Waals surface area contributed by atoms with E-state index in [1.165, 1.54) is 66.6 Å². The molecule has 0 spiro atoms. The predicted octanol–water partition coefficient (Wildman–Crippen LogP) is 8.63. The molecule has 0 unspecified atom stereocenters. The van der Waals surface area contributed by atoms with E-state index in [1.54, 1.807) is 0 Å². The van der Waals surface area contributed by atoms with Gasteiger partial charge in [-0.3, -0.25) is 4.99 Å². The zero-order valence-electron chi connectivity index (χ0n) is 19.6. The van der Waals surface area contributed by atoms with Crippen LogP contribution in [-0.2, 0) is 6.42 Å². The molecule has 6 aromatic rings. The highest BCUT2D eigenvalue weighted by atomic mass is 15.0. The highest BCUT2D eigenvalue weighted by Gasteiger charge is 2.25. The molecule has 5 aromatic carbocycles. The minimum absolute atomic E-state index is 0.889. The molecule has 1 aromatic heterocycles. The Labute approximate surface area is 209 Å². The molecule has 2 heteroatoms. The fourth-order valence-corrected chi connectivity index (χ4v) is 5.87. The average Bonchev–Trinajstić information content (AvgIpc) is 3.46. The summed E-state index contributed by atoms with van der Waals surface area (Å²) in [5.74, 6) is 0. The topological polar surface area (TPSA) is 17.3 Å². The van der Waals surface area contributed by atoms with Crippen molar-refractivity contribution < 1.29 is 0 Å². The molecule has 8 rings (SSSR count). The first kappa shape index (κ1) is 19.6. The Balaban J connectivity index is 1.29. The van der Waals surface area contributed by atoms with Crippen LogP contribution >= 0.6 is 0 Å². The summed E-state index contributed by atoms with van der Waals surface area (Å²) >= 11 is 0.